The topological polar surface area (TPSA) is 80.1 Å². The molecule has 1 aromatic rings. The summed E-state index contributed by atoms with van der Waals surface area (Å²) >= 11 is 0. The minimum Gasteiger partial charge on any atom is -0.466 e. The van der Waals surface area contributed by atoms with Crippen LogP contribution >= 0.6 is 0 Å². The van der Waals surface area contributed by atoms with Gasteiger partial charge in [0, 0.05) is 32.1 Å². The maximum atomic E-state index is 13.0. The Bertz CT molecular complexity index is 719. The molecule has 0 aromatic carbocycles. The quantitative estimate of drug-likeness (QED) is 0.619. The smallest absolute Gasteiger partial charge is 0.309 e. The Balaban J connectivity index is 1.94. The van der Waals surface area contributed by atoms with Gasteiger partial charge in [0.25, 0.3) is 5.91 Å². The lowest BCUT2D eigenvalue weighted by Crippen LogP contribution is -2.44. The van der Waals surface area contributed by atoms with Gasteiger partial charge in [-0.2, -0.15) is 0 Å². The lowest BCUT2D eigenvalue weighted by atomic mass is 9.97. The molecule has 2 rings (SSSR count). The van der Waals surface area contributed by atoms with Gasteiger partial charge in [0.15, 0.2) is 0 Å². The van der Waals surface area contributed by atoms with Crippen molar-refractivity contribution in [3.05, 3.63) is 23.2 Å². The standard InChI is InChI=1S/C22H34N2O5/c1-6-15(3)24(21(26)19-14-16(4)29-17(19)5)13-10-20(25)23-11-8-18(9-12-23)22(27)28-7-2/h14-15,18H,6-13H2,1-5H3. The lowest BCUT2D eigenvalue weighted by Gasteiger charge is -2.33. The fraction of sp³-hybridized carbons (Fsp3) is 0.682. The van der Waals surface area contributed by atoms with Crippen LogP contribution in [0.25, 0.3) is 0 Å². The minimum atomic E-state index is -0.168. The van der Waals surface area contributed by atoms with Crippen LogP contribution in [-0.4, -0.2) is 59.9 Å². The van der Waals surface area contributed by atoms with Crippen LogP contribution in [0.4, 0.5) is 0 Å². The SMILES string of the molecule is CCOC(=O)C1CCN(C(=O)CCN(C(=O)c2cc(C)oc2C)C(C)CC)CC1. The van der Waals surface area contributed by atoms with Crippen molar-refractivity contribution in [1.82, 2.24) is 9.80 Å². The number of carbonyl (C=O) groups is 3. The highest BCUT2D eigenvalue weighted by Crippen LogP contribution is 2.21. The number of amides is 2. The van der Waals surface area contributed by atoms with Crippen molar-refractivity contribution in [3.63, 3.8) is 0 Å². The van der Waals surface area contributed by atoms with Crippen molar-refractivity contribution in [1.29, 1.82) is 0 Å². The third-order valence-corrected chi connectivity index (χ3v) is 5.69. The summed E-state index contributed by atoms with van der Waals surface area (Å²) in [6.45, 7) is 11.3. The number of piperidine rings is 1. The molecule has 0 spiro atoms. The van der Waals surface area contributed by atoms with Gasteiger partial charge in [-0.15, -0.1) is 0 Å². The van der Waals surface area contributed by atoms with Gasteiger partial charge in [-0.05, 0) is 53.0 Å². The van der Waals surface area contributed by atoms with E-state index in [1.807, 2.05) is 20.8 Å². The first-order valence-electron chi connectivity index (χ1n) is 10.6. The lowest BCUT2D eigenvalue weighted by molar-refractivity contribution is -0.151. The summed E-state index contributed by atoms with van der Waals surface area (Å²) in [4.78, 5) is 41.2. The van der Waals surface area contributed by atoms with Gasteiger partial charge in [0.05, 0.1) is 18.1 Å². The zero-order chi connectivity index (χ0) is 21.6. The van der Waals surface area contributed by atoms with Crippen molar-refractivity contribution in [3.8, 4) is 0 Å². The number of nitrogens with zero attached hydrogens (tertiary/aromatic N) is 2. The van der Waals surface area contributed by atoms with Crippen LogP contribution in [0.5, 0.6) is 0 Å². The average molecular weight is 407 g/mol. The molecule has 1 saturated heterocycles. The molecule has 0 bridgehead atoms. The normalized spacial score (nSPS) is 15.8. The third-order valence-electron chi connectivity index (χ3n) is 5.69. The van der Waals surface area contributed by atoms with Crippen LogP contribution in [-0.2, 0) is 14.3 Å². The van der Waals surface area contributed by atoms with Gasteiger partial charge in [0.2, 0.25) is 5.91 Å². The van der Waals surface area contributed by atoms with Crippen molar-refractivity contribution in [2.45, 2.75) is 66.3 Å². The monoisotopic (exact) mass is 406 g/mol. The number of hydrogen-bond acceptors (Lipinski definition) is 5. The zero-order valence-electron chi connectivity index (χ0n) is 18.3. The summed E-state index contributed by atoms with van der Waals surface area (Å²) in [5.74, 6) is 0.947. The molecule has 0 radical (unpaired) electrons. The number of hydrogen-bond donors (Lipinski definition) is 0. The number of aryl methyl sites for hydroxylation is 2. The van der Waals surface area contributed by atoms with E-state index in [9.17, 15) is 14.4 Å². The number of esters is 1. The van der Waals surface area contributed by atoms with E-state index in [2.05, 4.69) is 0 Å². The van der Waals surface area contributed by atoms with Crippen molar-refractivity contribution in [2.75, 3.05) is 26.2 Å². The van der Waals surface area contributed by atoms with Crippen LogP contribution in [0.15, 0.2) is 10.5 Å². The molecule has 1 fully saturated rings. The predicted octanol–water partition coefficient (Wildman–Crippen LogP) is 3.33. The van der Waals surface area contributed by atoms with Gasteiger partial charge >= 0.3 is 5.97 Å². The molecule has 7 nitrogen and oxygen atoms in total. The van der Waals surface area contributed by atoms with Crippen LogP contribution in [0.2, 0.25) is 0 Å². The highest BCUT2D eigenvalue weighted by Gasteiger charge is 2.29. The summed E-state index contributed by atoms with van der Waals surface area (Å²) in [5.41, 5.74) is 0.561. The number of ether oxygens (including phenoxy) is 1. The van der Waals surface area contributed by atoms with Crippen molar-refractivity contribution < 1.29 is 23.5 Å². The molecule has 1 aliphatic rings. The Morgan fingerprint density at radius 1 is 1.24 bits per heavy atom. The van der Waals surface area contributed by atoms with Crippen LogP contribution < -0.4 is 0 Å². The van der Waals surface area contributed by atoms with Crippen LogP contribution in [0.3, 0.4) is 0 Å². The minimum absolute atomic E-state index is 0.0218. The summed E-state index contributed by atoms with van der Waals surface area (Å²) < 4.78 is 10.6. The van der Waals surface area contributed by atoms with E-state index in [4.69, 9.17) is 9.15 Å². The Labute approximate surface area is 173 Å². The Kier molecular flexibility index (Phi) is 8.29. The molecular weight excluding hydrogens is 372 g/mol. The summed E-state index contributed by atoms with van der Waals surface area (Å²) in [7, 11) is 0. The van der Waals surface area contributed by atoms with Crippen LogP contribution in [0.1, 0.15) is 68.3 Å². The summed E-state index contributed by atoms with van der Waals surface area (Å²) in [5, 5.41) is 0. The third kappa shape index (κ3) is 5.84. The molecule has 2 heterocycles. The molecule has 1 atom stereocenters. The molecule has 0 N–H and O–H groups in total. The van der Waals surface area contributed by atoms with Crippen LogP contribution in [0, 0.1) is 19.8 Å². The van der Waals surface area contributed by atoms with E-state index in [1.54, 1.807) is 29.7 Å². The first-order valence-corrected chi connectivity index (χ1v) is 10.6. The molecule has 162 valence electrons. The summed E-state index contributed by atoms with van der Waals surface area (Å²) in [6.07, 6.45) is 2.34. The molecule has 29 heavy (non-hydrogen) atoms. The Morgan fingerprint density at radius 3 is 2.41 bits per heavy atom. The predicted molar refractivity (Wildman–Crippen MR) is 110 cm³/mol. The van der Waals surface area contributed by atoms with E-state index < -0.39 is 0 Å². The molecule has 0 aliphatic carbocycles. The van der Waals surface area contributed by atoms with Crippen molar-refractivity contribution in [2.24, 2.45) is 5.92 Å². The second-order valence-corrected chi connectivity index (χ2v) is 7.74. The van der Waals surface area contributed by atoms with E-state index in [1.165, 1.54) is 0 Å². The number of likely N-dealkylation sites (tertiary alicyclic amines) is 1. The van der Waals surface area contributed by atoms with E-state index in [-0.39, 0.29) is 36.2 Å². The largest absolute Gasteiger partial charge is 0.466 e. The van der Waals surface area contributed by atoms with Gasteiger partial charge in [-0.1, -0.05) is 6.92 Å². The molecule has 1 aromatic heterocycles. The fourth-order valence-corrected chi connectivity index (χ4v) is 3.74. The average Bonchev–Trinajstić information content (AvgIpc) is 3.05. The molecule has 2 amide bonds. The molecule has 0 saturated carbocycles. The first-order chi connectivity index (χ1) is 13.8. The Hall–Kier alpha value is -2.31. The second kappa shape index (κ2) is 10.5. The molecule has 7 heteroatoms. The maximum absolute atomic E-state index is 13.0. The number of rotatable bonds is 8. The summed E-state index contributed by atoms with van der Waals surface area (Å²) in [6, 6.07) is 1.79. The zero-order valence-corrected chi connectivity index (χ0v) is 18.3. The Morgan fingerprint density at radius 2 is 1.90 bits per heavy atom. The van der Waals surface area contributed by atoms with E-state index in [0.717, 1.165) is 6.42 Å². The number of carbonyl (C=O) groups excluding carboxylic acids is 3. The fourth-order valence-electron chi connectivity index (χ4n) is 3.74. The van der Waals surface area contributed by atoms with Gasteiger partial charge in [-0.3, -0.25) is 14.4 Å². The van der Waals surface area contributed by atoms with Gasteiger partial charge < -0.3 is 19.0 Å². The molecular formula is C22H34N2O5. The van der Waals surface area contributed by atoms with E-state index >= 15 is 0 Å². The molecule has 1 aliphatic heterocycles. The van der Waals surface area contributed by atoms with Gasteiger partial charge in [0.1, 0.15) is 11.5 Å². The highest BCUT2D eigenvalue weighted by molar-refractivity contribution is 5.95. The number of furan rings is 1. The van der Waals surface area contributed by atoms with Crippen molar-refractivity contribution >= 4 is 17.8 Å². The molecule has 1 unspecified atom stereocenters. The van der Waals surface area contributed by atoms with E-state index in [0.29, 0.717) is 56.2 Å². The van der Waals surface area contributed by atoms with Gasteiger partial charge in [-0.25, -0.2) is 0 Å². The first kappa shape index (κ1) is 23.0. The maximum Gasteiger partial charge on any atom is 0.309 e. The second-order valence-electron chi connectivity index (χ2n) is 7.74. The highest BCUT2D eigenvalue weighted by atomic mass is 16.5.